The second-order valence-corrected chi connectivity index (χ2v) is 17.3. The van der Waals surface area contributed by atoms with E-state index >= 15 is 0 Å². The SMILES string of the molecule is CC1(C)c2ccccc2-c2cccc(-c3cccc(-c4ccccc4-c4cccc5c6ccccc6n(-c6cccc(-c7nc(-c8ccccc8)cc(-c8ccccc8)n7)c6)c45)c3)c21. The summed E-state index contributed by atoms with van der Waals surface area (Å²) < 4.78 is 2.43. The van der Waals surface area contributed by atoms with Crippen LogP contribution in [0.25, 0.3) is 106 Å². The van der Waals surface area contributed by atoms with Crippen molar-refractivity contribution in [3.8, 4) is 84.1 Å². The Morgan fingerprint density at radius 2 is 0.875 bits per heavy atom. The molecule has 0 saturated carbocycles. The highest BCUT2D eigenvalue weighted by Crippen LogP contribution is 2.52. The van der Waals surface area contributed by atoms with Crippen LogP contribution in [0.15, 0.2) is 224 Å². The molecule has 1 aliphatic rings. The molecule has 0 aliphatic heterocycles. The lowest BCUT2D eigenvalue weighted by molar-refractivity contribution is 0.662. The van der Waals surface area contributed by atoms with E-state index in [2.05, 4.69) is 231 Å². The molecule has 0 unspecified atom stereocenters. The number of nitrogens with zero attached hydrogens (tertiary/aromatic N) is 3. The molecule has 11 aromatic rings. The molecule has 0 spiro atoms. The maximum Gasteiger partial charge on any atom is 0.160 e. The summed E-state index contributed by atoms with van der Waals surface area (Å²) >= 11 is 0. The first-order chi connectivity index (χ1) is 31.5. The number of fused-ring (bicyclic) bond motifs is 6. The van der Waals surface area contributed by atoms with Crippen LogP contribution >= 0.6 is 0 Å². The van der Waals surface area contributed by atoms with Crippen LogP contribution in [-0.4, -0.2) is 14.5 Å². The molecule has 3 nitrogen and oxygen atoms in total. The fourth-order valence-corrected chi connectivity index (χ4v) is 10.3. The molecule has 1 aliphatic carbocycles. The largest absolute Gasteiger partial charge is 0.309 e. The Morgan fingerprint density at radius 3 is 1.64 bits per heavy atom. The van der Waals surface area contributed by atoms with Crippen molar-refractivity contribution in [2.75, 3.05) is 0 Å². The van der Waals surface area contributed by atoms with Crippen LogP contribution in [-0.2, 0) is 5.41 Å². The Balaban J connectivity index is 1.02. The number of rotatable bonds is 7. The van der Waals surface area contributed by atoms with Gasteiger partial charge in [0.1, 0.15) is 0 Å². The molecular formula is C61H43N3. The predicted molar refractivity (Wildman–Crippen MR) is 267 cm³/mol. The van der Waals surface area contributed by atoms with E-state index in [0.29, 0.717) is 5.82 Å². The first-order valence-electron chi connectivity index (χ1n) is 22.1. The van der Waals surface area contributed by atoms with Crippen LogP contribution in [0.5, 0.6) is 0 Å². The van der Waals surface area contributed by atoms with Crippen molar-refractivity contribution in [1.29, 1.82) is 0 Å². The lowest BCUT2D eigenvalue weighted by Crippen LogP contribution is -2.16. The van der Waals surface area contributed by atoms with Crippen molar-refractivity contribution in [2.45, 2.75) is 19.3 Å². The van der Waals surface area contributed by atoms with Crippen LogP contribution in [0.3, 0.4) is 0 Å². The molecule has 0 saturated heterocycles. The Hall–Kier alpha value is -8.14. The molecule has 0 N–H and O–H groups in total. The van der Waals surface area contributed by atoms with Crippen molar-refractivity contribution in [2.24, 2.45) is 0 Å². The van der Waals surface area contributed by atoms with Crippen molar-refractivity contribution in [3.63, 3.8) is 0 Å². The normalized spacial score (nSPS) is 12.7. The minimum absolute atomic E-state index is 0.113. The summed E-state index contributed by atoms with van der Waals surface area (Å²) in [5.74, 6) is 0.685. The molecule has 9 aromatic carbocycles. The molecule has 3 heteroatoms. The van der Waals surface area contributed by atoms with Gasteiger partial charge in [-0.05, 0) is 80.4 Å². The quantitative estimate of drug-likeness (QED) is 0.160. The van der Waals surface area contributed by atoms with Crippen molar-refractivity contribution < 1.29 is 0 Å². The Bertz CT molecular complexity index is 3520. The second-order valence-electron chi connectivity index (χ2n) is 17.3. The Kier molecular flexibility index (Phi) is 8.84. The zero-order chi connectivity index (χ0) is 42.8. The highest BCUT2D eigenvalue weighted by atomic mass is 15.0. The van der Waals surface area contributed by atoms with Crippen molar-refractivity contribution >= 4 is 21.8 Å². The number of benzene rings is 9. The predicted octanol–water partition coefficient (Wildman–Crippen LogP) is 15.9. The monoisotopic (exact) mass is 817 g/mol. The highest BCUT2D eigenvalue weighted by molar-refractivity contribution is 6.14. The average molecular weight is 818 g/mol. The molecule has 2 heterocycles. The molecule has 0 atom stereocenters. The summed E-state index contributed by atoms with van der Waals surface area (Å²) in [6, 6.07) is 80.8. The van der Waals surface area contributed by atoms with E-state index in [1.807, 2.05) is 12.1 Å². The molecule has 0 fully saturated rings. The Morgan fingerprint density at radius 1 is 0.359 bits per heavy atom. The van der Waals surface area contributed by atoms with Gasteiger partial charge in [-0.25, -0.2) is 9.97 Å². The number of para-hydroxylation sites is 2. The zero-order valence-corrected chi connectivity index (χ0v) is 35.7. The van der Waals surface area contributed by atoms with E-state index < -0.39 is 0 Å². The van der Waals surface area contributed by atoms with E-state index in [4.69, 9.17) is 9.97 Å². The molecule has 64 heavy (non-hydrogen) atoms. The third-order valence-electron chi connectivity index (χ3n) is 13.2. The maximum atomic E-state index is 5.20. The summed E-state index contributed by atoms with van der Waals surface area (Å²) in [6.07, 6.45) is 0. The fourth-order valence-electron chi connectivity index (χ4n) is 10.3. The number of aromatic nitrogens is 3. The van der Waals surface area contributed by atoms with E-state index in [1.54, 1.807) is 0 Å². The van der Waals surface area contributed by atoms with Crippen LogP contribution in [0.4, 0.5) is 0 Å². The summed E-state index contributed by atoms with van der Waals surface area (Å²) in [7, 11) is 0. The van der Waals surface area contributed by atoms with Crippen LogP contribution in [0.2, 0.25) is 0 Å². The van der Waals surface area contributed by atoms with Gasteiger partial charge in [0.25, 0.3) is 0 Å². The molecule has 2 aromatic heterocycles. The van der Waals surface area contributed by atoms with E-state index in [-0.39, 0.29) is 5.41 Å². The lowest BCUT2D eigenvalue weighted by atomic mass is 9.78. The van der Waals surface area contributed by atoms with Crippen LogP contribution < -0.4 is 0 Å². The molecule has 0 bridgehead atoms. The summed E-state index contributed by atoms with van der Waals surface area (Å²) in [5, 5.41) is 2.41. The molecular weight excluding hydrogens is 775 g/mol. The van der Waals surface area contributed by atoms with Crippen molar-refractivity contribution in [1.82, 2.24) is 14.5 Å². The van der Waals surface area contributed by atoms with Gasteiger partial charge in [0.05, 0.1) is 22.4 Å². The van der Waals surface area contributed by atoms with E-state index in [9.17, 15) is 0 Å². The minimum atomic E-state index is -0.113. The summed E-state index contributed by atoms with van der Waals surface area (Å²) in [4.78, 5) is 10.4. The minimum Gasteiger partial charge on any atom is -0.309 e. The lowest BCUT2D eigenvalue weighted by Gasteiger charge is -2.24. The Labute approximate surface area is 373 Å². The van der Waals surface area contributed by atoms with Gasteiger partial charge in [0.15, 0.2) is 5.82 Å². The van der Waals surface area contributed by atoms with Gasteiger partial charge in [-0.15, -0.1) is 0 Å². The third-order valence-corrected chi connectivity index (χ3v) is 13.2. The summed E-state index contributed by atoms with van der Waals surface area (Å²) in [6.45, 7) is 4.74. The zero-order valence-electron chi connectivity index (χ0n) is 35.7. The van der Waals surface area contributed by atoms with Gasteiger partial charge in [-0.2, -0.15) is 0 Å². The molecule has 0 radical (unpaired) electrons. The van der Waals surface area contributed by atoms with Gasteiger partial charge in [0, 0.05) is 44.1 Å². The van der Waals surface area contributed by atoms with Gasteiger partial charge in [-0.3, -0.25) is 0 Å². The molecule has 12 rings (SSSR count). The van der Waals surface area contributed by atoms with Gasteiger partial charge in [-0.1, -0.05) is 208 Å². The third kappa shape index (κ3) is 6.12. The highest BCUT2D eigenvalue weighted by Gasteiger charge is 2.37. The second kappa shape index (κ2) is 15.0. The average Bonchev–Trinajstić information content (AvgIpc) is 3.83. The first-order valence-corrected chi connectivity index (χ1v) is 22.1. The van der Waals surface area contributed by atoms with E-state index in [0.717, 1.165) is 44.8 Å². The van der Waals surface area contributed by atoms with Gasteiger partial charge in [0.2, 0.25) is 0 Å². The van der Waals surface area contributed by atoms with E-state index in [1.165, 1.54) is 66.4 Å². The van der Waals surface area contributed by atoms with Gasteiger partial charge >= 0.3 is 0 Å². The number of hydrogen-bond donors (Lipinski definition) is 0. The topological polar surface area (TPSA) is 30.7 Å². The molecule has 0 amide bonds. The smallest absolute Gasteiger partial charge is 0.160 e. The number of hydrogen-bond acceptors (Lipinski definition) is 2. The standard InChI is InChI=1S/C61H43N3/c1-61(2)54-35-13-11-29-49(54)51-32-17-31-47(58(51)61)43-24-15-23-42(37-43)46-27-9-10-28-48(46)52-33-18-34-53-50-30-12-14-36-57(50)64(59(52)53)45-26-16-25-44(38-45)60-62-55(40-19-5-3-6-20-40)39-56(63-60)41-21-7-4-8-22-41/h3-39H,1-2H3. The first kappa shape index (κ1) is 37.6. The molecule has 302 valence electrons. The fraction of sp³-hybridized carbons (Fsp3) is 0.0492. The van der Waals surface area contributed by atoms with Crippen molar-refractivity contribution in [3.05, 3.63) is 236 Å². The maximum absolute atomic E-state index is 5.20. The summed E-state index contributed by atoms with van der Waals surface area (Å²) in [5.41, 5.74) is 20.8. The van der Waals surface area contributed by atoms with Crippen LogP contribution in [0.1, 0.15) is 25.0 Å². The van der Waals surface area contributed by atoms with Crippen LogP contribution in [0, 0.1) is 0 Å². The van der Waals surface area contributed by atoms with Gasteiger partial charge < -0.3 is 4.57 Å².